The molecule has 28 heavy (non-hydrogen) atoms. The molecule has 1 fully saturated rings. The third-order valence-corrected chi connectivity index (χ3v) is 5.32. The van der Waals surface area contributed by atoms with E-state index in [1.165, 1.54) is 5.56 Å². The van der Waals surface area contributed by atoms with E-state index in [0.29, 0.717) is 18.9 Å². The number of amides is 1. The number of likely N-dealkylation sites (tertiary alicyclic amines) is 1. The van der Waals surface area contributed by atoms with Crippen molar-refractivity contribution in [2.24, 2.45) is 0 Å². The summed E-state index contributed by atoms with van der Waals surface area (Å²) in [4.78, 5) is 23.8. The number of imidazole rings is 1. The molecule has 1 aromatic carbocycles. The number of rotatable bonds is 6. The Morgan fingerprint density at radius 1 is 1.21 bits per heavy atom. The predicted octanol–water partition coefficient (Wildman–Crippen LogP) is 3.78. The molecule has 0 bridgehead atoms. The molecule has 4 rings (SSSR count). The maximum absolute atomic E-state index is 13.0. The molecule has 0 aliphatic carbocycles. The van der Waals surface area contributed by atoms with Crippen molar-refractivity contribution in [2.45, 2.75) is 51.6 Å². The van der Waals surface area contributed by atoms with E-state index in [1.54, 1.807) is 12.4 Å². The summed E-state index contributed by atoms with van der Waals surface area (Å²) in [5, 5.41) is 0. The number of carbonyl (C=O) groups is 1. The highest BCUT2D eigenvalue weighted by Crippen LogP contribution is 2.31. The molecule has 0 saturated carbocycles. The van der Waals surface area contributed by atoms with Gasteiger partial charge in [0.1, 0.15) is 24.2 Å². The van der Waals surface area contributed by atoms with E-state index >= 15 is 0 Å². The molecule has 1 amide bonds. The van der Waals surface area contributed by atoms with E-state index in [2.05, 4.69) is 22.1 Å². The average molecular weight is 378 g/mol. The van der Waals surface area contributed by atoms with Gasteiger partial charge in [0, 0.05) is 31.8 Å². The lowest BCUT2D eigenvalue weighted by molar-refractivity contribution is -0.136. The zero-order valence-electron chi connectivity index (χ0n) is 16.3. The third kappa shape index (κ3) is 4.01. The zero-order valence-corrected chi connectivity index (χ0v) is 16.3. The monoisotopic (exact) mass is 378 g/mol. The number of hydrogen-bond donors (Lipinski definition) is 0. The highest BCUT2D eigenvalue weighted by molar-refractivity contribution is 5.76. The molecule has 1 saturated heterocycles. The Bertz CT molecular complexity index is 916. The fourth-order valence-corrected chi connectivity index (χ4v) is 3.88. The van der Waals surface area contributed by atoms with Crippen LogP contribution in [-0.4, -0.2) is 31.9 Å². The van der Waals surface area contributed by atoms with Gasteiger partial charge in [-0.2, -0.15) is 0 Å². The van der Waals surface area contributed by atoms with E-state index in [0.717, 1.165) is 43.8 Å². The molecule has 0 N–H and O–H groups in total. The first kappa shape index (κ1) is 18.5. The summed E-state index contributed by atoms with van der Waals surface area (Å²) in [5.41, 5.74) is 1.19. The molecule has 146 valence electrons. The highest BCUT2D eigenvalue weighted by Gasteiger charge is 2.31. The van der Waals surface area contributed by atoms with Crippen LogP contribution in [0.15, 0.2) is 53.3 Å². The van der Waals surface area contributed by atoms with Gasteiger partial charge in [-0.15, -0.1) is 0 Å². The lowest BCUT2D eigenvalue weighted by Crippen LogP contribution is -2.40. The minimum absolute atomic E-state index is 0.0839. The molecule has 0 radical (unpaired) electrons. The third-order valence-electron chi connectivity index (χ3n) is 5.32. The number of nitrogens with zero attached hydrogens (tertiary/aromatic N) is 4. The van der Waals surface area contributed by atoms with Crippen molar-refractivity contribution in [3.05, 3.63) is 72.0 Å². The van der Waals surface area contributed by atoms with Gasteiger partial charge in [-0.1, -0.05) is 37.3 Å². The van der Waals surface area contributed by atoms with Crippen LogP contribution in [0.4, 0.5) is 0 Å². The maximum Gasteiger partial charge on any atom is 0.243 e. The Kier molecular flexibility index (Phi) is 5.55. The average Bonchev–Trinajstić information content (AvgIpc) is 3.38. The van der Waals surface area contributed by atoms with Crippen molar-refractivity contribution < 1.29 is 9.21 Å². The fraction of sp³-hybridized carbons (Fsp3) is 0.409. The van der Waals surface area contributed by atoms with Crippen molar-refractivity contribution in [1.29, 1.82) is 0 Å². The Hall–Kier alpha value is -2.89. The number of oxazole rings is 1. The van der Waals surface area contributed by atoms with Crippen molar-refractivity contribution in [2.75, 3.05) is 6.54 Å². The SMILES string of the molecule is CCc1nccn1CC(=O)N1CCCC[C@@H]1c1ncc(Cc2ccccc2)o1. The molecule has 6 nitrogen and oxygen atoms in total. The van der Waals surface area contributed by atoms with E-state index < -0.39 is 0 Å². The molecule has 0 unspecified atom stereocenters. The second-order valence-electron chi connectivity index (χ2n) is 7.25. The van der Waals surface area contributed by atoms with Gasteiger partial charge in [-0.05, 0) is 24.8 Å². The molecule has 2 aromatic heterocycles. The number of aromatic nitrogens is 3. The van der Waals surface area contributed by atoms with Gasteiger partial charge in [0.15, 0.2) is 0 Å². The van der Waals surface area contributed by atoms with Gasteiger partial charge >= 0.3 is 0 Å². The van der Waals surface area contributed by atoms with Gasteiger partial charge in [-0.3, -0.25) is 4.79 Å². The van der Waals surface area contributed by atoms with Crippen LogP contribution in [0.2, 0.25) is 0 Å². The number of aryl methyl sites for hydroxylation is 1. The number of benzene rings is 1. The highest BCUT2D eigenvalue weighted by atomic mass is 16.4. The first-order valence-electron chi connectivity index (χ1n) is 10.0. The zero-order chi connectivity index (χ0) is 19.3. The normalized spacial score (nSPS) is 17.0. The number of piperidine rings is 1. The summed E-state index contributed by atoms with van der Waals surface area (Å²) in [6, 6.07) is 10.1. The van der Waals surface area contributed by atoms with E-state index in [9.17, 15) is 4.79 Å². The molecular weight excluding hydrogens is 352 g/mol. The van der Waals surface area contributed by atoms with Crippen molar-refractivity contribution in [1.82, 2.24) is 19.4 Å². The van der Waals surface area contributed by atoms with Crippen LogP contribution in [0.1, 0.15) is 55.3 Å². The predicted molar refractivity (Wildman–Crippen MR) is 106 cm³/mol. The summed E-state index contributed by atoms with van der Waals surface area (Å²) in [5.74, 6) is 2.52. The van der Waals surface area contributed by atoms with E-state index in [4.69, 9.17) is 4.42 Å². The number of hydrogen-bond acceptors (Lipinski definition) is 4. The van der Waals surface area contributed by atoms with Crippen LogP contribution in [0.25, 0.3) is 0 Å². The minimum atomic E-state index is -0.0839. The van der Waals surface area contributed by atoms with Crippen LogP contribution < -0.4 is 0 Å². The second kappa shape index (κ2) is 8.42. The summed E-state index contributed by atoms with van der Waals surface area (Å²) in [7, 11) is 0. The second-order valence-corrected chi connectivity index (χ2v) is 7.25. The summed E-state index contributed by atoms with van der Waals surface area (Å²) in [6.45, 7) is 3.11. The smallest absolute Gasteiger partial charge is 0.243 e. The largest absolute Gasteiger partial charge is 0.443 e. The minimum Gasteiger partial charge on any atom is -0.443 e. The summed E-state index contributed by atoms with van der Waals surface area (Å²) >= 11 is 0. The van der Waals surface area contributed by atoms with Gasteiger partial charge < -0.3 is 13.9 Å². The van der Waals surface area contributed by atoms with Gasteiger partial charge in [0.05, 0.1) is 6.20 Å². The lowest BCUT2D eigenvalue weighted by atomic mass is 10.0. The van der Waals surface area contributed by atoms with E-state index in [1.807, 2.05) is 40.8 Å². The van der Waals surface area contributed by atoms with Crippen LogP contribution in [0.3, 0.4) is 0 Å². The molecule has 3 heterocycles. The Labute approximate surface area is 165 Å². The van der Waals surface area contributed by atoms with Crippen molar-refractivity contribution in [3.63, 3.8) is 0 Å². The van der Waals surface area contributed by atoms with Gasteiger partial charge in [0.2, 0.25) is 11.8 Å². The van der Waals surface area contributed by atoms with Gasteiger partial charge in [0.25, 0.3) is 0 Å². The Balaban J connectivity index is 1.48. The van der Waals surface area contributed by atoms with Crippen LogP contribution in [-0.2, 0) is 24.2 Å². The molecule has 1 aliphatic rings. The molecule has 1 atom stereocenters. The first-order chi connectivity index (χ1) is 13.7. The summed E-state index contributed by atoms with van der Waals surface area (Å²) < 4.78 is 8.00. The molecule has 3 aromatic rings. The standard InChI is InChI=1S/C22H26N4O2/c1-2-20-23-11-13-25(20)16-21(27)26-12-7-6-10-19(26)22-24-15-18(28-22)14-17-8-4-3-5-9-17/h3-5,8-9,11,13,15,19H,2,6-7,10,12,14,16H2,1H3/t19-/m1/s1. The van der Waals surface area contributed by atoms with Crippen LogP contribution in [0, 0.1) is 0 Å². The quantitative estimate of drug-likeness (QED) is 0.655. The number of carbonyl (C=O) groups excluding carboxylic acids is 1. The lowest BCUT2D eigenvalue weighted by Gasteiger charge is -2.34. The Morgan fingerprint density at radius 2 is 2.07 bits per heavy atom. The Morgan fingerprint density at radius 3 is 2.89 bits per heavy atom. The van der Waals surface area contributed by atoms with Crippen LogP contribution >= 0.6 is 0 Å². The van der Waals surface area contributed by atoms with Crippen molar-refractivity contribution >= 4 is 5.91 Å². The molecule has 1 aliphatic heterocycles. The molecular formula is C22H26N4O2. The van der Waals surface area contributed by atoms with Crippen molar-refractivity contribution in [3.8, 4) is 0 Å². The molecule has 0 spiro atoms. The van der Waals surface area contributed by atoms with Gasteiger partial charge in [-0.25, -0.2) is 9.97 Å². The van der Waals surface area contributed by atoms with E-state index in [-0.39, 0.29) is 11.9 Å². The van der Waals surface area contributed by atoms with Crippen LogP contribution in [0.5, 0.6) is 0 Å². The summed E-state index contributed by atoms with van der Waals surface area (Å²) in [6.07, 6.45) is 9.94. The topological polar surface area (TPSA) is 64.2 Å². The fourth-order valence-electron chi connectivity index (χ4n) is 3.88. The molecule has 6 heteroatoms. The first-order valence-corrected chi connectivity index (χ1v) is 10.0. The maximum atomic E-state index is 13.0.